The third kappa shape index (κ3) is 5.87. The van der Waals surface area contributed by atoms with Crippen LogP contribution in [0.1, 0.15) is 44.9 Å². The molecule has 0 aromatic heterocycles. The Bertz CT molecular complexity index is 666. The van der Waals surface area contributed by atoms with E-state index in [-0.39, 0.29) is 11.8 Å². The number of anilines is 1. The predicted octanol–water partition coefficient (Wildman–Crippen LogP) is 3.95. The van der Waals surface area contributed by atoms with Crippen LogP contribution in [0.2, 0.25) is 0 Å². The van der Waals surface area contributed by atoms with Crippen LogP contribution in [-0.4, -0.2) is 68.2 Å². The summed E-state index contributed by atoms with van der Waals surface area (Å²) in [7, 11) is 0. The van der Waals surface area contributed by atoms with Gasteiger partial charge in [0.25, 0.3) is 0 Å². The molecule has 3 saturated heterocycles. The van der Waals surface area contributed by atoms with Gasteiger partial charge in [-0.3, -0.25) is 0 Å². The molecule has 1 N–H and O–H groups in total. The van der Waals surface area contributed by atoms with E-state index >= 15 is 0 Å². The fourth-order valence-electron chi connectivity index (χ4n) is 5.23. The molecule has 30 heavy (non-hydrogen) atoms. The number of piperidine rings is 1. The van der Waals surface area contributed by atoms with Crippen molar-refractivity contribution in [3.8, 4) is 0 Å². The Balaban J connectivity index is 1.14. The Kier molecular flexibility index (Phi) is 7.47. The molecule has 6 heteroatoms. The lowest BCUT2D eigenvalue weighted by Gasteiger charge is -2.34. The van der Waals surface area contributed by atoms with Crippen molar-refractivity contribution < 1.29 is 9.18 Å². The highest BCUT2D eigenvalue weighted by Gasteiger charge is 2.27. The van der Waals surface area contributed by atoms with Crippen LogP contribution in [0.5, 0.6) is 0 Å². The number of rotatable bonds is 5. The second-order valence-corrected chi connectivity index (χ2v) is 9.41. The molecular weight excluding hydrogens is 379 g/mol. The molecule has 0 spiro atoms. The maximum absolute atomic E-state index is 13.1. The SMILES string of the molecule is O=C(NC[C@H]1CCN(c2ccc(F)cc2)C1)N1CCC(CN2CCCCCC2)CC1. The molecule has 5 nitrogen and oxygen atoms in total. The molecular formula is C24H37FN4O. The van der Waals surface area contributed by atoms with Gasteiger partial charge in [0, 0.05) is 45.0 Å². The van der Waals surface area contributed by atoms with Crippen molar-refractivity contribution in [1.29, 1.82) is 0 Å². The number of urea groups is 1. The standard InChI is InChI=1S/C24H37FN4O/c25-22-5-7-23(8-6-22)29-16-11-21(19-29)17-26-24(30)28-14-9-20(10-15-28)18-27-12-3-1-2-4-13-27/h5-8,20-21H,1-4,9-19H2,(H,26,30)/t21-/m1/s1. The topological polar surface area (TPSA) is 38.8 Å². The molecule has 3 aliphatic heterocycles. The molecule has 0 bridgehead atoms. The van der Waals surface area contributed by atoms with E-state index in [2.05, 4.69) is 15.1 Å². The zero-order chi connectivity index (χ0) is 20.8. The number of hydrogen-bond donors (Lipinski definition) is 1. The van der Waals surface area contributed by atoms with E-state index in [1.807, 2.05) is 17.0 Å². The third-order valence-electron chi connectivity index (χ3n) is 7.14. The van der Waals surface area contributed by atoms with Crippen molar-refractivity contribution in [1.82, 2.24) is 15.1 Å². The molecule has 1 atom stereocenters. The Morgan fingerprint density at radius 1 is 0.900 bits per heavy atom. The highest BCUT2D eigenvalue weighted by Crippen LogP contribution is 2.24. The Hall–Kier alpha value is -1.82. The summed E-state index contributed by atoms with van der Waals surface area (Å²) in [4.78, 5) is 19.6. The monoisotopic (exact) mass is 416 g/mol. The first kappa shape index (κ1) is 21.4. The summed E-state index contributed by atoms with van der Waals surface area (Å²) >= 11 is 0. The number of nitrogens with one attached hydrogen (secondary N) is 1. The summed E-state index contributed by atoms with van der Waals surface area (Å²) in [5.74, 6) is 1.00. The first-order chi connectivity index (χ1) is 14.7. The summed E-state index contributed by atoms with van der Waals surface area (Å²) in [5, 5.41) is 3.17. The largest absolute Gasteiger partial charge is 0.371 e. The van der Waals surface area contributed by atoms with Gasteiger partial charge in [0.15, 0.2) is 0 Å². The smallest absolute Gasteiger partial charge is 0.317 e. The van der Waals surface area contributed by atoms with Gasteiger partial charge in [0.1, 0.15) is 5.82 Å². The van der Waals surface area contributed by atoms with Gasteiger partial charge in [-0.1, -0.05) is 12.8 Å². The minimum atomic E-state index is -0.197. The van der Waals surface area contributed by atoms with E-state index in [4.69, 9.17) is 0 Å². The van der Waals surface area contributed by atoms with Gasteiger partial charge >= 0.3 is 6.03 Å². The quantitative estimate of drug-likeness (QED) is 0.790. The summed E-state index contributed by atoms with van der Waals surface area (Å²) in [6.45, 7) is 8.13. The van der Waals surface area contributed by atoms with Gasteiger partial charge in [0.2, 0.25) is 0 Å². The van der Waals surface area contributed by atoms with Gasteiger partial charge < -0.3 is 20.0 Å². The zero-order valence-corrected chi connectivity index (χ0v) is 18.2. The summed E-state index contributed by atoms with van der Waals surface area (Å²) in [6, 6.07) is 6.81. The number of nitrogens with zero attached hydrogens (tertiary/aromatic N) is 3. The number of hydrogen-bond acceptors (Lipinski definition) is 3. The van der Waals surface area contributed by atoms with E-state index < -0.39 is 0 Å². The molecule has 0 unspecified atom stereocenters. The van der Waals surface area contributed by atoms with E-state index in [1.165, 1.54) is 57.5 Å². The van der Waals surface area contributed by atoms with E-state index in [1.54, 1.807) is 0 Å². The van der Waals surface area contributed by atoms with Crippen molar-refractivity contribution in [2.45, 2.75) is 44.9 Å². The molecule has 2 amide bonds. The second kappa shape index (κ2) is 10.5. The molecule has 3 fully saturated rings. The second-order valence-electron chi connectivity index (χ2n) is 9.41. The molecule has 0 saturated carbocycles. The lowest BCUT2D eigenvalue weighted by atomic mass is 9.96. The van der Waals surface area contributed by atoms with Crippen LogP contribution >= 0.6 is 0 Å². The Labute approximate surface area is 180 Å². The van der Waals surface area contributed by atoms with Crippen molar-refractivity contribution in [2.24, 2.45) is 11.8 Å². The Morgan fingerprint density at radius 2 is 1.57 bits per heavy atom. The molecule has 4 rings (SSSR count). The van der Waals surface area contributed by atoms with Gasteiger partial charge in [-0.15, -0.1) is 0 Å². The fraction of sp³-hybridized carbons (Fsp3) is 0.708. The number of benzene rings is 1. The maximum atomic E-state index is 13.1. The zero-order valence-electron chi connectivity index (χ0n) is 18.2. The minimum absolute atomic E-state index is 0.100. The molecule has 1 aromatic carbocycles. The van der Waals surface area contributed by atoms with Crippen LogP contribution in [0, 0.1) is 17.7 Å². The average Bonchev–Trinajstić information content (AvgIpc) is 3.09. The molecule has 0 radical (unpaired) electrons. The van der Waals surface area contributed by atoms with Crippen LogP contribution in [0.25, 0.3) is 0 Å². The molecule has 0 aliphatic carbocycles. The lowest BCUT2D eigenvalue weighted by molar-refractivity contribution is 0.147. The van der Waals surface area contributed by atoms with Crippen LogP contribution in [-0.2, 0) is 0 Å². The summed E-state index contributed by atoms with van der Waals surface area (Å²) < 4.78 is 13.1. The number of carbonyl (C=O) groups excluding carboxylic acids is 1. The van der Waals surface area contributed by atoms with Crippen LogP contribution in [0.15, 0.2) is 24.3 Å². The third-order valence-corrected chi connectivity index (χ3v) is 7.14. The van der Waals surface area contributed by atoms with Crippen LogP contribution in [0.4, 0.5) is 14.9 Å². The van der Waals surface area contributed by atoms with Crippen molar-refractivity contribution in [3.63, 3.8) is 0 Å². The maximum Gasteiger partial charge on any atom is 0.317 e. The Morgan fingerprint density at radius 3 is 2.27 bits per heavy atom. The van der Waals surface area contributed by atoms with Crippen LogP contribution in [0.3, 0.4) is 0 Å². The normalized spacial score (nSPS) is 24.1. The number of carbonyl (C=O) groups is 1. The van der Waals surface area contributed by atoms with Crippen LogP contribution < -0.4 is 10.2 Å². The molecule has 1 aromatic rings. The molecule has 3 heterocycles. The molecule has 166 valence electrons. The highest BCUT2D eigenvalue weighted by atomic mass is 19.1. The predicted molar refractivity (Wildman–Crippen MR) is 119 cm³/mol. The van der Waals surface area contributed by atoms with Gasteiger partial charge in [-0.25, -0.2) is 9.18 Å². The van der Waals surface area contributed by atoms with E-state index in [9.17, 15) is 9.18 Å². The highest BCUT2D eigenvalue weighted by molar-refractivity contribution is 5.74. The summed E-state index contributed by atoms with van der Waals surface area (Å²) in [6.07, 6.45) is 8.80. The first-order valence-electron chi connectivity index (χ1n) is 11.9. The van der Waals surface area contributed by atoms with Crippen molar-refractivity contribution >= 4 is 11.7 Å². The fourth-order valence-corrected chi connectivity index (χ4v) is 5.23. The number of halogens is 1. The number of likely N-dealkylation sites (tertiary alicyclic amines) is 2. The van der Waals surface area contributed by atoms with Crippen molar-refractivity contribution in [2.75, 3.05) is 57.3 Å². The van der Waals surface area contributed by atoms with Gasteiger partial charge in [0.05, 0.1) is 0 Å². The van der Waals surface area contributed by atoms with E-state index in [0.29, 0.717) is 5.92 Å². The number of amides is 2. The first-order valence-corrected chi connectivity index (χ1v) is 11.9. The average molecular weight is 417 g/mol. The molecule has 3 aliphatic rings. The van der Waals surface area contributed by atoms with Gasteiger partial charge in [-0.05, 0) is 81.3 Å². The minimum Gasteiger partial charge on any atom is -0.371 e. The summed E-state index contributed by atoms with van der Waals surface area (Å²) in [5.41, 5.74) is 1.07. The lowest BCUT2D eigenvalue weighted by Crippen LogP contribution is -2.47. The van der Waals surface area contributed by atoms with E-state index in [0.717, 1.165) is 63.6 Å². The van der Waals surface area contributed by atoms with Gasteiger partial charge in [-0.2, -0.15) is 0 Å². The van der Waals surface area contributed by atoms with Crippen molar-refractivity contribution in [3.05, 3.63) is 30.1 Å².